The largest absolute Gasteiger partial charge is 0.484 e. The van der Waals surface area contributed by atoms with Gasteiger partial charge in [0, 0.05) is 5.75 Å². The second-order valence-corrected chi connectivity index (χ2v) is 5.91. The fourth-order valence-corrected chi connectivity index (χ4v) is 2.70. The van der Waals surface area contributed by atoms with Gasteiger partial charge in [0.1, 0.15) is 11.6 Å². The van der Waals surface area contributed by atoms with Gasteiger partial charge in [-0.05, 0) is 29.8 Å². The summed E-state index contributed by atoms with van der Waals surface area (Å²) in [6.07, 6.45) is -0.609. The molecule has 7 heteroatoms. The first-order chi connectivity index (χ1) is 11.7. The number of hydrogen-bond acceptors (Lipinski definition) is 6. The van der Waals surface area contributed by atoms with Gasteiger partial charge in [0.15, 0.2) is 6.61 Å². The van der Waals surface area contributed by atoms with E-state index >= 15 is 0 Å². The van der Waals surface area contributed by atoms with E-state index in [1.54, 1.807) is 0 Å². The van der Waals surface area contributed by atoms with Crippen LogP contribution in [0.3, 0.4) is 0 Å². The van der Waals surface area contributed by atoms with Crippen LogP contribution in [0.25, 0.3) is 0 Å². The monoisotopic (exact) mass is 346 g/mol. The molecule has 5 nitrogen and oxygen atoms in total. The molecule has 0 saturated heterocycles. The Morgan fingerprint density at radius 1 is 1.08 bits per heavy atom. The number of aliphatic hydroxyl groups is 1. The van der Waals surface area contributed by atoms with Gasteiger partial charge in [0.25, 0.3) is 11.1 Å². The molecule has 0 saturated carbocycles. The fraction of sp³-hybridized carbons (Fsp3) is 0.176. The number of aliphatic hydroxyl groups excluding tert-OH is 1. The Morgan fingerprint density at radius 2 is 1.83 bits per heavy atom. The number of hydrogen-bond donors (Lipinski definition) is 1. The van der Waals surface area contributed by atoms with Gasteiger partial charge in [0.05, 0.1) is 6.10 Å². The van der Waals surface area contributed by atoms with E-state index in [9.17, 15) is 9.50 Å². The van der Waals surface area contributed by atoms with Gasteiger partial charge < -0.3 is 14.3 Å². The minimum absolute atomic E-state index is 0.0977. The van der Waals surface area contributed by atoms with Crippen molar-refractivity contribution in [2.45, 2.75) is 17.9 Å². The maximum atomic E-state index is 12.8. The van der Waals surface area contributed by atoms with E-state index in [1.807, 2.05) is 30.3 Å². The Balaban J connectivity index is 1.49. The van der Waals surface area contributed by atoms with Crippen molar-refractivity contribution in [3.05, 3.63) is 71.9 Å². The summed E-state index contributed by atoms with van der Waals surface area (Å²) in [5.74, 6) is 0.917. The summed E-state index contributed by atoms with van der Waals surface area (Å²) in [5.41, 5.74) is 0.837. The van der Waals surface area contributed by atoms with E-state index in [1.165, 1.54) is 36.0 Å². The molecule has 1 N–H and O–H groups in total. The standard InChI is InChI=1S/C17H15FN2O3S/c18-13-6-8-14(9-7-13)22-10-16-19-20-17(23-16)24-11-15(21)12-4-2-1-3-5-12/h1-9,15,21H,10-11H2. The van der Waals surface area contributed by atoms with Crippen molar-refractivity contribution >= 4 is 11.8 Å². The van der Waals surface area contributed by atoms with Crippen LogP contribution in [0.5, 0.6) is 5.75 Å². The minimum atomic E-state index is -0.609. The predicted octanol–water partition coefficient (Wildman–Crippen LogP) is 3.61. The summed E-state index contributed by atoms with van der Waals surface area (Å²) in [5, 5.41) is 18.2. The predicted molar refractivity (Wildman–Crippen MR) is 87.2 cm³/mol. The first-order valence-electron chi connectivity index (χ1n) is 7.27. The Kier molecular flexibility index (Phi) is 5.45. The third-order valence-electron chi connectivity index (χ3n) is 3.17. The number of halogens is 1. The molecular formula is C17H15FN2O3S. The summed E-state index contributed by atoms with van der Waals surface area (Å²) in [6, 6.07) is 15.1. The zero-order chi connectivity index (χ0) is 16.8. The van der Waals surface area contributed by atoms with Crippen molar-refractivity contribution in [1.82, 2.24) is 10.2 Å². The van der Waals surface area contributed by atoms with Crippen LogP contribution in [-0.2, 0) is 6.61 Å². The second-order valence-electron chi connectivity index (χ2n) is 4.94. The topological polar surface area (TPSA) is 68.4 Å². The molecule has 24 heavy (non-hydrogen) atoms. The van der Waals surface area contributed by atoms with E-state index < -0.39 is 6.10 Å². The van der Waals surface area contributed by atoms with Crippen molar-refractivity contribution in [3.8, 4) is 5.75 Å². The average molecular weight is 346 g/mol. The number of benzene rings is 2. The summed E-state index contributed by atoms with van der Waals surface area (Å²) in [6.45, 7) is 0.0977. The first-order valence-corrected chi connectivity index (χ1v) is 8.26. The van der Waals surface area contributed by atoms with Crippen LogP contribution in [0.15, 0.2) is 64.2 Å². The summed E-state index contributed by atoms with van der Waals surface area (Å²) in [4.78, 5) is 0. The molecule has 2 aromatic carbocycles. The van der Waals surface area contributed by atoms with Gasteiger partial charge >= 0.3 is 0 Å². The van der Waals surface area contributed by atoms with Gasteiger partial charge in [-0.2, -0.15) is 0 Å². The van der Waals surface area contributed by atoms with Crippen LogP contribution in [0.2, 0.25) is 0 Å². The van der Waals surface area contributed by atoms with Crippen LogP contribution in [0, 0.1) is 5.82 Å². The van der Waals surface area contributed by atoms with E-state index in [4.69, 9.17) is 9.15 Å². The molecule has 0 amide bonds. The Hall–Kier alpha value is -2.38. The molecule has 124 valence electrons. The average Bonchev–Trinajstić information content (AvgIpc) is 3.08. The molecule has 1 unspecified atom stereocenters. The van der Waals surface area contributed by atoms with Crippen molar-refractivity contribution in [1.29, 1.82) is 0 Å². The van der Waals surface area contributed by atoms with Gasteiger partial charge in [-0.1, -0.05) is 42.1 Å². The van der Waals surface area contributed by atoms with Crippen LogP contribution in [0.4, 0.5) is 4.39 Å². The molecular weight excluding hydrogens is 331 g/mol. The van der Waals surface area contributed by atoms with Crippen LogP contribution in [-0.4, -0.2) is 21.1 Å². The number of aromatic nitrogens is 2. The van der Waals surface area contributed by atoms with Gasteiger partial charge in [-0.3, -0.25) is 0 Å². The van der Waals surface area contributed by atoms with Crippen molar-refractivity contribution in [2.24, 2.45) is 0 Å². The third kappa shape index (κ3) is 4.56. The second kappa shape index (κ2) is 7.94. The third-order valence-corrected chi connectivity index (χ3v) is 4.07. The number of rotatable bonds is 7. The lowest BCUT2D eigenvalue weighted by molar-refractivity contribution is 0.203. The molecule has 0 bridgehead atoms. The molecule has 0 aliphatic rings. The van der Waals surface area contributed by atoms with Crippen LogP contribution in [0.1, 0.15) is 17.6 Å². The molecule has 0 radical (unpaired) electrons. The Bertz CT molecular complexity index is 765. The maximum Gasteiger partial charge on any atom is 0.276 e. The minimum Gasteiger partial charge on any atom is -0.484 e. The molecule has 1 heterocycles. The van der Waals surface area contributed by atoms with E-state index in [-0.39, 0.29) is 12.4 Å². The lowest BCUT2D eigenvalue weighted by Crippen LogP contribution is -1.99. The van der Waals surface area contributed by atoms with Gasteiger partial charge in [-0.25, -0.2) is 4.39 Å². The zero-order valence-electron chi connectivity index (χ0n) is 12.6. The Morgan fingerprint density at radius 3 is 2.58 bits per heavy atom. The lowest BCUT2D eigenvalue weighted by atomic mass is 10.1. The molecule has 3 aromatic rings. The highest BCUT2D eigenvalue weighted by atomic mass is 32.2. The Labute approximate surface area is 142 Å². The van der Waals surface area contributed by atoms with E-state index in [0.717, 1.165) is 5.56 Å². The number of ether oxygens (including phenoxy) is 1. The highest BCUT2D eigenvalue weighted by Gasteiger charge is 2.12. The maximum absolute atomic E-state index is 12.8. The number of thioether (sulfide) groups is 1. The van der Waals surface area contributed by atoms with Crippen LogP contribution < -0.4 is 4.74 Å². The fourth-order valence-electron chi connectivity index (χ4n) is 1.95. The van der Waals surface area contributed by atoms with E-state index in [0.29, 0.717) is 22.6 Å². The van der Waals surface area contributed by atoms with Crippen LogP contribution >= 0.6 is 11.8 Å². The highest BCUT2D eigenvalue weighted by Crippen LogP contribution is 2.24. The SMILES string of the molecule is OC(CSc1nnc(COc2ccc(F)cc2)o1)c1ccccc1. The van der Waals surface area contributed by atoms with Crippen molar-refractivity contribution in [2.75, 3.05) is 5.75 Å². The zero-order valence-corrected chi connectivity index (χ0v) is 13.4. The highest BCUT2D eigenvalue weighted by molar-refractivity contribution is 7.99. The van der Waals surface area contributed by atoms with Gasteiger partial charge in [0.2, 0.25) is 0 Å². The molecule has 3 rings (SSSR count). The molecule has 0 fully saturated rings. The molecule has 0 aliphatic heterocycles. The van der Waals surface area contributed by atoms with Crippen molar-refractivity contribution in [3.63, 3.8) is 0 Å². The summed E-state index contributed by atoms with van der Waals surface area (Å²) < 4.78 is 23.7. The number of nitrogens with zero attached hydrogens (tertiary/aromatic N) is 2. The summed E-state index contributed by atoms with van der Waals surface area (Å²) >= 11 is 1.27. The van der Waals surface area contributed by atoms with Crippen molar-refractivity contribution < 1.29 is 18.7 Å². The molecule has 1 atom stereocenters. The van der Waals surface area contributed by atoms with E-state index in [2.05, 4.69) is 10.2 Å². The van der Waals surface area contributed by atoms with Gasteiger partial charge in [-0.15, -0.1) is 10.2 Å². The summed E-state index contributed by atoms with van der Waals surface area (Å²) in [7, 11) is 0. The molecule has 0 aliphatic carbocycles. The normalized spacial score (nSPS) is 12.1. The molecule has 1 aromatic heterocycles. The first kappa shape index (κ1) is 16.5. The lowest BCUT2D eigenvalue weighted by Gasteiger charge is -2.08. The smallest absolute Gasteiger partial charge is 0.276 e. The quantitative estimate of drug-likeness (QED) is 0.659. The molecule has 0 spiro atoms.